The Morgan fingerprint density at radius 3 is 2.63 bits per heavy atom. The van der Waals surface area contributed by atoms with E-state index in [1.165, 1.54) is 19.3 Å². The largest absolute Gasteiger partial charge is 0.342 e. The monoisotopic (exact) mass is 261 g/mol. The molecular formula is C17H27NO. The average molecular weight is 261 g/mol. The molecule has 0 aromatic carbocycles. The van der Waals surface area contributed by atoms with Gasteiger partial charge in [0.15, 0.2) is 0 Å². The summed E-state index contributed by atoms with van der Waals surface area (Å²) in [7, 11) is 0. The summed E-state index contributed by atoms with van der Waals surface area (Å²) in [6.07, 6.45) is 15.5. The highest BCUT2D eigenvalue weighted by molar-refractivity contribution is 5.85. The summed E-state index contributed by atoms with van der Waals surface area (Å²) in [6, 6.07) is 0. The van der Waals surface area contributed by atoms with Gasteiger partial charge in [-0.15, -0.1) is 0 Å². The molecule has 1 spiro atoms. The third kappa shape index (κ3) is 3.29. The van der Waals surface area contributed by atoms with Gasteiger partial charge in [0, 0.05) is 13.1 Å². The first-order valence-electron chi connectivity index (χ1n) is 7.77. The molecule has 1 unspecified atom stereocenters. The molecular weight excluding hydrogens is 234 g/mol. The first-order chi connectivity index (χ1) is 9.18. The van der Waals surface area contributed by atoms with Gasteiger partial charge >= 0.3 is 0 Å². The summed E-state index contributed by atoms with van der Waals surface area (Å²) < 4.78 is 0. The van der Waals surface area contributed by atoms with Crippen LogP contribution in [0.2, 0.25) is 0 Å². The molecule has 0 aromatic rings. The van der Waals surface area contributed by atoms with E-state index in [2.05, 4.69) is 24.0 Å². The van der Waals surface area contributed by atoms with Crippen molar-refractivity contribution in [1.29, 1.82) is 0 Å². The number of nitrogens with zero attached hydrogens (tertiary/aromatic N) is 1. The van der Waals surface area contributed by atoms with Crippen molar-refractivity contribution in [2.75, 3.05) is 13.1 Å². The van der Waals surface area contributed by atoms with Gasteiger partial charge in [-0.1, -0.05) is 50.5 Å². The summed E-state index contributed by atoms with van der Waals surface area (Å²) in [5.41, 5.74) is 0.0327. The van der Waals surface area contributed by atoms with Crippen molar-refractivity contribution >= 4 is 5.91 Å². The van der Waals surface area contributed by atoms with Gasteiger partial charge in [0.1, 0.15) is 0 Å². The quantitative estimate of drug-likeness (QED) is 0.702. The lowest BCUT2D eigenvalue weighted by Crippen LogP contribution is -2.37. The molecule has 1 heterocycles. The molecule has 1 atom stereocenters. The number of allylic oxidation sites excluding steroid dienone is 3. The fourth-order valence-corrected chi connectivity index (χ4v) is 3.53. The van der Waals surface area contributed by atoms with Gasteiger partial charge in [0.25, 0.3) is 0 Å². The van der Waals surface area contributed by atoms with Gasteiger partial charge in [-0.05, 0) is 32.1 Å². The maximum atomic E-state index is 12.6. The van der Waals surface area contributed by atoms with Crippen molar-refractivity contribution in [1.82, 2.24) is 4.90 Å². The van der Waals surface area contributed by atoms with Crippen molar-refractivity contribution in [3.05, 3.63) is 24.3 Å². The zero-order valence-electron chi connectivity index (χ0n) is 12.4. The smallest absolute Gasteiger partial charge is 0.228 e. The van der Waals surface area contributed by atoms with E-state index in [4.69, 9.17) is 0 Å². The zero-order chi connectivity index (χ0) is 13.7. The molecule has 2 rings (SSSR count). The van der Waals surface area contributed by atoms with Gasteiger partial charge < -0.3 is 4.90 Å². The van der Waals surface area contributed by atoms with Crippen LogP contribution in [0.3, 0.4) is 0 Å². The number of hydrogen-bond acceptors (Lipinski definition) is 1. The summed E-state index contributed by atoms with van der Waals surface area (Å²) in [4.78, 5) is 14.7. The van der Waals surface area contributed by atoms with Crippen molar-refractivity contribution in [2.45, 2.75) is 52.4 Å². The maximum Gasteiger partial charge on any atom is 0.228 e. The number of rotatable bonds is 4. The minimum absolute atomic E-state index is 0.0327. The molecule has 1 amide bonds. The van der Waals surface area contributed by atoms with Crippen LogP contribution in [-0.2, 0) is 4.79 Å². The lowest BCUT2D eigenvalue weighted by Gasteiger charge is -2.31. The van der Waals surface area contributed by atoms with E-state index >= 15 is 0 Å². The normalized spacial score (nSPS) is 24.9. The van der Waals surface area contributed by atoms with Gasteiger partial charge in [0.05, 0.1) is 5.41 Å². The minimum atomic E-state index is 0.0327. The molecule has 2 heteroatoms. The molecule has 0 aromatic heterocycles. The second-order valence-corrected chi connectivity index (χ2v) is 6.23. The Kier molecular flexibility index (Phi) is 4.84. The Morgan fingerprint density at radius 2 is 1.95 bits per heavy atom. The van der Waals surface area contributed by atoms with Crippen LogP contribution in [0.25, 0.3) is 0 Å². The van der Waals surface area contributed by atoms with Crippen LogP contribution in [0.1, 0.15) is 52.4 Å². The number of likely N-dealkylation sites (tertiary alicyclic amines) is 1. The maximum absolute atomic E-state index is 12.6. The fourth-order valence-electron chi connectivity index (χ4n) is 3.53. The molecule has 0 bridgehead atoms. The average Bonchev–Trinajstić information content (AvgIpc) is 2.70. The number of carbonyl (C=O) groups excluding carboxylic acids is 1. The van der Waals surface area contributed by atoms with E-state index in [0.29, 0.717) is 11.8 Å². The van der Waals surface area contributed by atoms with Crippen LogP contribution in [0, 0.1) is 11.3 Å². The van der Waals surface area contributed by atoms with E-state index < -0.39 is 0 Å². The van der Waals surface area contributed by atoms with E-state index in [1.54, 1.807) is 0 Å². The molecule has 1 aliphatic heterocycles. The van der Waals surface area contributed by atoms with E-state index in [-0.39, 0.29) is 5.41 Å². The van der Waals surface area contributed by atoms with Gasteiger partial charge in [-0.3, -0.25) is 4.79 Å². The molecule has 1 aliphatic carbocycles. The van der Waals surface area contributed by atoms with Crippen LogP contribution in [0.5, 0.6) is 0 Å². The van der Waals surface area contributed by atoms with Crippen molar-refractivity contribution in [2.24, 2.45) is 11.3 Å². The molecule has 1 saturated carbocycles. The highest BCUT2D eigenvalue weighted by Gasteiger charge is 2.46. The molecule has 2 fully saturated rings. The Labute approximate surface area is 117 Å². The summed E-state index contributed by atoms with van der Waals surface area (Å²) in [6.45, 7) is 6.07. The summed E-state index contributed by atoms with van der Waals surface area (Å²) in [5.74, 6) is 0.886. The lowest BCUT2D eigenvalue weighted by atomic mass is 9.73. The highest BCUT2D eigenvalue weighted by Crippen LogP contribution is 2.44. The lowest BCUT2D eigenvalue weighted by molar-refractivity contribution is -0.137. The number of amides is 1. The first-order valence-corrected chi connectivity index (χ1v) is 7.77. The Morgan fingerprint density at radius 1 is 1.21 bits per heavy atom. The van der Waals surface area contributed by atoms with Crippen LogP contribution in [0.4, 0.5) is 0 Å². The van der Waals surface area contributed by atoms with Gasteiger partial charge in [0.2, 0.25) is 5.91 Å². The van der Waals surface area contributed by atoms with Crippen LogP contribution in [0.15, 0.2) is 24.3 Å². The van der Waals surface area contributed by atoms with Gasteiger partial charge in [-0.25, -0.2) is 0 Å². The molecule has 19 heavy (non-hydrogen) atoms. The van der Waals surface area contributed by atoms with Crippen LogP contribution in [-0.4, -0.2) is 23.9 Å². The predicted octanol–water partition coefficient (Wildman–Crippen LogP) is 3.94. The standard InChI is InChI=1S/C17H27NO/c1-3-4-6-9-15(2)14-18-13-12-17(16(18)19)10-7-5-8-11-17/h3-4,6,9,15H,5,7-8,10-14H2,1-2H3. The molecule has 0 radical (unpaired) electrons. The second-order valence-electron chi connectivity index (χ2n) is 6.23. The zero-order valence-corrected chi connectivity index (χ0v) is 12.4. The molecule has 1 saturated heterocycles. The van der Waals surface area contributed by atoms with Crippen molar-refractivity contribution in [3.8, 4) is 0 Å². The Balaban J connectivity index is 1.90. The third-order valence-corrected chi connectivity index (χ3v) is 4.66. The highest BCUT2D eigenvalue weighted by atomic mass is 16.2. The first kappa shape index (κ1) is 14.4. The molecule has 2 nitrogen and oxygen atoms in total. The van der Waals surface area contributed by atoms with E-state index in [0.717, 1.165) is 32.4 Å². The van der Waals surface area contributed by atoms with Crippen molar-refractivity contribution < 1.29 is 4.79 Å². The summed E-state index contributed by atoms with van der Waals surface area (Å²) in [5, 5.41) is 0. The third-order valence-electron chi connectivity index (χ3n) is 4.66. The van der Waals surface area contributed by atoms with Crippen LogP contribution < -0.4 is 0 Å². The predicted molar refractivity (Wildman–Crippen MR) is 79.8 cm³/mol. The SMILES string of the molecule is CC=CC=CC(C)CN1CCC2(CCCCC2)C1=O. The molecule has 106 valence electrons. The Hall–Kier alpha value is -1.05. The summed E-state index contributed by atoms with van der Waals surface area (Å²) >= 11 is 0. The number of carbonyl (C=O) groups is 1. The Bertz CT molecular complexity index is 363. The van der Waals surface area contributed by atoms with Gasteiger partial charge in [-0.2, -0.15) is 0 Å². The van der Waals surface area contributed by atoms with E-state index in [9.17, 15) is 4.79 Å². The second kappa shape index (κ2) is 6.40. The molecule has 2 aliphatic rings. The molecule has 0 N–H and O–H groups in total. The topological polar surface area (TPSA) is 20.3 Å². The van der Waals surface area contributed by atoms with Crippen LogP contribution >= 0.6 is 0 Å². The number of hydrogen-bond donors (Lipinski definition) is 0. The van der Waals surface area contributed by atoms with Crippen molar-refractivity contribution in [3.63, 3.8) is 0 Å². The van der Waals surface area contributed by atoms with E-state index in [1.807, 2.05) is 19.1 Å². The minimum Gasteiger partial charge on any atom is -0.342 e. The fraction of sp³-hybridized carbons (Fsp3) is 0.706.